The lowest BCUT2D eigenvalue weighted by Crippen LogP contribution is -2.11. The van der Waals surface area contributed by atoms with Gasteiger partial charge in [0.15, 0.2) is 0 Å². The molecule has 0 atom stereocenters. The third-order valence-corrected chi connectivity index (χ3v) is 4.70. The van der Waals surface area contributed by atoms with E-state index in [0.717, 1.165) is 22.3 Å². The maximum absolute atomic E-state index is 12.2. The summed E-state index contributed by atoms with van der Waals surface area (Å²) < 4.78 is 7.20. The van der Waals surface area contributed by atoms with Crippen molar-refractivity contribution in [2.45, 2.75) is 20.0 Å². The molecule has 0 aliphatic carbocycles. The average molecular weight is 399 g/mol. The van der Waals surface area contributed by atoms with E-state index in [2.05, 4.69) is 10.3 Å². The van der Waals surface area contributed by atoms with Gasteiger partial charge in [0.1, 0.15) is 6.33 Å². The van der Waals surface area contributed by atoms with Gasteiger partial charge in [-0.3, -0.25) is 9.36 Å². The number of hydrogen-bond acceptors (Lipinski definition) is 4. The van der Waals surface area contributed by atoms with Crippen molar-refractivity contribution in [2.24, 2.45) is 0 Å². The van der Waals surface area contributed by atoms with Gasteiger partial charge in [0, 0.05) is 5.56 Å². The Hall–Kier alpha value is -3.93. The second-order valence-electron chi connectivity index (χ2n) is 7.10. The minimum atomic E-state index is -0.380. The topological polar surface area (TPSA) is 73.2 Å². The van der Waals surface area contributed by atoms with Gasteiger partial charge >= 0.3 is 5.97 Å². The van der Waals surface area contributed by atoms with Crippen molar-refractivity contribution < 1.29 is 14.3 Å². The number of anilines is 1. The molecular weight excluding hydrogens is 378 g/mol. The number of nitrogens with zero attached hydrogens (tertiary/aromatic N) is 2. The van der Waals surface area contributed by atoms with Gasteiger partial charge in [0.25, 0.3) is 0 Å². The van der Waals surface area contributed by atoms with Crippen LogP contribution in [0.3, 0.4) is 0 Å². The monoisotopic (exact) mass is 399 g/mol. The number of amides is 1. The van der Waals surface area contributed by atoms with Crippen molar-refractivity contribution in [3.63, 3.8) is 0 Å². The first-order valence-corrected chi connectivity index (χ1v) is 9.65. The number of carbonyl (C=O) groups is 2. The van der Waals surface area contributed by atoms with Crippen molar-refractivity contribution in [1.82, 2.24) is 9.55 Å². The van der Waals surface area contributed by atoms with Crippen LogP contribution in [0.1, 0.15) is 24.2 Å². The van der Waals surface area contributed by atoms with Crippen LogP contribution in [0.15, 0.2) is 73.1 Å². The second kappa shape index (κ2) is 8.21. The molecule has 0 unspecified atom stereocenters. The molecule has 0 spiro atoms. The Morgan fingerprint density at radius 1 is 1.07 bits per heavy atom. The third-order valence-electron chi connectivity index (χ3n) is 4.70. The molecule has 6 heteroatoms. The standard InChI is InChI=1S/C24H21N3O3/c1-16(2)30-24(29)18-11-12-22-21(13-18)25-14-27(22)23-19(17-7-4-3-5-8-17)9-6-10-20(23)26-15-28/h3-16H,1-2H3,(H,26,28). The Bertz CT molecular complexity index is 1210. The number of nitrogens with one attached hydrogen (secondary N) is 1. The van der Waals surface area contributed by atoms with Gasteiger partial charge in [-0.15, -0.1) is 0 Å². The maximum atomic E-state index is 12.2. The second-order valence-corrected chi connectivity index (χ2v) is 7.10. The summed E-state index contributed by atoms with van der Waals surface area (Å²) in [5.41, 5.74) is 5.35. The van der Waals surface area contributed by atoms with Crippen molar-refractivity contribution in [2.75, 3.05) is 5.32 Å². The summed E-state index contributed by atoms with van der Waals surface area (Å²) >= 11 is 0. The van der Waals surface area contributed by atoms with E-state index in [1.54, 1.807) is 18.5 Å². The van der Waals surface area contributed by atoms with Gasteiger partial charge in [-0.25, -0.2) is 9.78 Å². The number of rotatable bonds is 6. The lowest BCUT2D eigenvalue weighted by Gasteiger charge is -2.16. The van der Waals surface area contributed by atoms with E-state index in [-0.39, 0.29) is 12.1 Å². The van der Waals surface area contributed by atoms with E-state index in [1.165, 1.54) is 0 Å². The molecule has 6 nitrogen and oxygen atoms in total. The molecule has 1 N–H and O–H groups in total. The Morgan fingerprint density at radius 3 is 2.60 bits per heavy atom. The van der Waals surface area contributed by atoms with E-state index in [4.69, 9.17) is 4.74 Å². The van der Waals surface area contributed by atoms with Crippen LogP contribution in [0.2, 0.25) is 0 Å². The molecule has 1 heterocycles. The highest BCUT2D eigenvalue weighted by Gasteiger charge is 2.17. The van der Waals surface area contributed by atoms with Gasteiger partial charge in [-0.2, -0.15) is 0 Å². The first-order valence-electron chi connectivity index (χ1n) is 9.65. The van der Waals surface area contributed by atoms with Crippen molar-refractivity contribution in [3.8, 4) is 16.8 Å². The van der Waals surface area contributed by atoms with E-state index in [0.29, 0.717) is 23.2 Å². The Balaban J connectivity index is 1.88. The van der Waals surface area contributed by atoms with Crippen LogP contribution in [0.4, 0.5) is 5.69 Å². The highest BCUT2D eigenvalue weighted by molar-refractivity contribution is 5.95. The van der Waals surface area contributed by atoms with Crippen LogP contribution in [-0.4, -0.2) is 28.0 Å². The smallest absolute Gasteiger partial charge is 0.338 e. The molecular formula is C24H21N3O3. The lowest BCUT2D eigenvalue weighted by molar-refractivity contribution is -0.105. The summed E-state index contributed by atoms with van der Waals surface area (Å²) in [6, 6.07) is 21.0. The number of hydrogen-bond donors (Lipinski definition) is 1. The zero-order valence-electron chi connectivity index (χ0n) is 16.7. The molecule has 1 amide bonds. The number of imidazole rings is 1. The fraction of sp³-hybridized carbons (Fsp3) is 0.125. The molecule has 0 saturated carbocycles. The van der Waals surface area contributed by atoms with Crippen molar-refractivity contribution in [3.05, 3.63) is 78.6 Å². The minimum absolute atomic E-state index is 0.194. The Morgan fingerprint density at radius 2 is 1.87 bits per heavy atom. The zero-order valence-corrected chi connectivity index (χ0v) is 16.7. The molecule has 3 aromatic carbocycles. The summed E-state index contributed by atoms with van der Waals surface area (Å²) in [7, 11) is 0. The van der Waals surface area contributed by atoms with Crippen LogP contribution < -0.4 is 5.32 Å². The molecule has 0 fully saturated rings. The molecule has 0 radical (unpaired) electrons. The molecule has 1 aromatic heterocycles. The molecule has 30 heavy (non-hydrogen) atoms. The van der Waals surface area contributed by atoms with Crippen LogP contribution in [0.25, 0.3) is 27.8 Å². The quantitative estimate of drug-likeness (QED) is 0.372. The summed E-state index contributed by atoms with van der Waals surface area (Å²) in [5, 5.41) is 2.79. The predicted molar refractivity (Wildman–Crippen MR) is 117 cm³/mol. The van der Waals surface area contributed by atoms with Crippen molar-refractivity contribution >= 4 is 29.1 Å². The molecule has 4 rings (SSSR count). The Kier molecular flexibility index (Phi) is 5.30. The normalized spacial score (nSPS) is 10.9. The first-order chi connectivity index (χ1) is 14.6. The molecule has 0 saturated heterocycles. The van der Waals surface area contributed by atoms with E-state index in [1.807, 2.05) is 73.0 Å². The van der Waals surface area contributed by atoms with Gasteiger partial charge < -0.3 is 10.1 Å². The number of esters is 1. The molecule has 150 valence electrons. The summed E-state index contributed by atoms with van der Waals surface area (Å²) in [5.74, 6) is -0.380. The highest BCUT2D eigenvalue weighted by Crippen LogP contribution is 2.34. The third kappa shape index (κ3) is 3.67. The molecule has 0 bridgehead atoms. The van der Waals surface area contributed by atoms with Crippen LogP contribution in [-0.2, 0) is 9.53 Å². The number of para-hydroxylation sites is 1. The van der Waals surface area contributed by atoms with Gasteiger partial charge in [-0.05, 0) is 43.7 Å². The summed E-state index contributed by atoms with van der Waals surface area (Å²) in [6.45, 7) is 3.63. The predicted octanol–water partition coefficient (Wildman–Crippen LogP) is 4.83. The van der Waals surface area contributed by atoms with Gasteiger partial charge in [0.05, 0.1) is 34.1 Å². The number of carbonyl (C=O) groups excluding carboxylic acids is 2. The van der Waals surface area contributed by atoms with Crippen LogP contribution >= 0.6 is 0 Å². The Labute approximate surface area is 174 Å². The average Bonchev–Trinajstić information content (AvgIpc) is 3.17. The fourth-order valence-corrected chi connectivity index (χ4v) is 3.43. The number of fused-ring (bicyclic) bond motifs is 1. The van der Waals surface area contributed by atoms with Gasteiger partial charge in [-0.1, -0.05) is 42.5 Å². The number of ether oxygens (including phenoxy) is 1. The van der Waals surface area contributed by atoms with E-state index >= 15 is 0 Å². The van der Waals surface area contributed by atoms with Gasteiger partial charge in [0.2, 0.25) is 6.41 Å². The SMILES string of the molecule is CC(C)OC(=O)c1ccc2c(c1)ncn2-c1c(NC=O)cccc1-c1ccccc1. The fourth-order valence-electron chi connectivity index (χ4n) is 3.43. The van der Waals surface area contributed by atoms with Crippen LogP contribution in [0, 0.1) is 0 Å². The lowest BCUT2D eigenvalue weighted by atomic mass is 10.0. The molecule has 0 aliphatic rings. The molecule has 4 aromatic rings. The van der Waals surface area contributed by atoms with E-state index < -0.39 is 0 Å². The van der Waals surface area contributed by atoms with Crippen LogP contribution in [0.5, 0.6) is 0 Å². The largest absolute Gasteiger partial charge is 0.459 e. The summed E-state index contributed by atoms with van der Waals surface area (Å²) in [6.07, 6.45) is 2.16. The van der Waals surface area contributed by atoms with Crippen molar-refractivity contribution in [1.29, 1.82) is 0 Å². The minimum Gasteiger partial charge on any atom is -0.459 e. The number of benzene rings is 3. The maximum Gasteiger partial charge on any atom is 0.338 e. The number of aromatic nitrogens is 2. The van der Waals surface area contributed by atoms with E-state index in [9.17, 15) is 9.59 Å². The zero-order chi connectivity index (χ0) is 21.1. The first kappa shape index (κ1) is 19.4. The molecule has 0 aliphatic heterocycles. The summed E-state index contributed by atoms with van der Waals surface area (Å²) in [4.78, 5) is 28.0. The highest BCUT2D eigenvalue weighted by atomic mass is 16.5.